The van der Waals surface area contributed by atoms with Gasteiger partial charge >= 0.3 is 0 Å². The summed E-state index contributed by atoms with van der Waals surface area (Å²) < 4.78 is 36.1. The van der Waals surface area contributed by atoms with E-state index in [0.29, 0.717) is 24.6 Å². The summed E-state index contributed by atoms with van der Waals surface area (Å²) in [6.07, 6.45) is 6.30. The fourth-order valence-electron chi connectivity index (χ4n) is 6.67. The first-order valence-electron chi connectivity index (χ1n) is 16.5. The van der Waals surface area contributed by atoms with Crippen LogP contribution in [-0.2, 0) is 14.8 Å². The number of aromatic nitrogens is 2. The van der Waals surface area contributed by atoms with Gasteiger partial charge in [-0.2, -0.15) is 4.98 Å². The SMILES string of the molecule is Cc1cccc(C)c1-c1cc2nc(n1)NS(=O)(=O)c1cccc(c1)C(=O)N(CC(=O)N(C)CC1CCCCC1)[C@H](CC(C)(C)C)CO2. The molecule has 252 valence electrons. The molecule has 2 heterocycles. The first-order valence-corrected chi connectivity index (χ1v) is 17.9. The topological polar surface area (TPSA) is 122 Å². The van der Waals surface area contributed by atoms with Crippen molar-refractivity contribution < 1.29 is 22.7 Å². The molecule has 1 aliphatic carbocycles. The van der Waals surface area contributed by atoms with E-state index in [2.05, 4.69) is 35.5 Å². The highest BCUT2D eigenvalue weighted by molar-refractivity contribution is 7.92. The minimum Gasteiger partial charge on any atom is -0.475 e. The van der Waals surface area contributed by atoms with Gasteiger partial charge < -0.3 is 14.5 Å². The van der Waals surface area contributed by atoms with Gasteiger partial charge in [0.2, 0.25) is 17.7 Å². The molecule has 2 aliphatic rings. The summed E-state index contributed by atoms with van der Waals surface area (Å²) in [7, 11) is -2.39. The van der Waals surface area contributed by atoms with Gasteiger partial charge in [-0.1, -0.05) is 64.3 Å². The number of anilines is 1. The average molecular weight is 662 g/mol. The largest absolute Gasteiger partial charge is 0.475 e. The number of hydrogen-bond acceptors (Lipinski definition) is 7. The van der Waals surface area contributed by atoms with Crippen molar-refractivity contribution in [1.82, 2.24) is 19.8 Å². The number of carbonyl (C=O) groups excluding carboxylic acids is 2. The number of aryl methyl sites for hydroxylation is 2. The third kappa shape index (κ3) is 8.49. The Morgan fingerprint density at radius 2 is 1.70 bits per heavy atom. The lowest BCUT2D eigenvalue weighted by atomic mass is 9.87. The molecule has 1 atom stereocenters. The number of benzene rings is 2. The average Bonchev–Trinajstić information content (AvgIpc) is 3.01. The lowest BCUT2D eigenvalue weighted by molar-refractivity contribution is -0.132. The van der Waals surface area contributed by atoms with E-state index in [9.17, 15) is 18.0 Å². The fourth-order valence-corrected chi connectivity index (χ4v) is 7.66. The van der Waals surface area contributed by atoms with Gasteiger partial charge in [0, 0.05) is 30.8 Å². The van der Waals surface area contributed by atoms with Crippen LogP contribution in [0.5, 0.6) is 5.88 Å². The van der Waals surface area contributed by atoms with Gasteiger partial charge in [-0.3, -0.25) is 9.59 Å². The second-order valence-electron chi connectivity index (χ2n) is 14.3. The van der Waals surface area contributed by atoms with E-state index in [1.54, 1.807) is 29.0 Å². The van der Waals surface area contributed by atoms with Gasteiger partial charge in [0.05, 0.1) is 16.6 Å². The summed E-state index contributed by atoms with van der Waals surface area (Å²) in [5.41, 5.74) is 3.22. The van der Waals surface area contributed by atoms with Gasteiger partial charge in [0.25, 0.3) is 15.9 Å². The molecular weight excluding hydrogens is 614 g/mol. The summed E-state index contributed by atoms with van der Waals surface area (Å²) >= 11 is 0. The number of nitrogens with zero attached hydrogens (tertiary/aromatic N) is 4. The van der Waals surface area contributed by atoms with Crippen LogP contribution >= 0.6 is 0 Å². The number of amides is 2. The number of carbonyl (C=O) groups is 2. The van der Waals surface area contributed by atoms with Crippen molar-refractivity contribution in [2.45, 2.75) is 84.1 Å². The Hall–Kier alpha value is -3.99. The Balaban J connectivity index is 1.58. The number of hydrogen-bond donors (Lipinski definition) is 1. The first kappa shape index (κ1) is 34.3. The minimum atomic E-state index is -4.19. The number of nitrogens with one attached hydrogen (secondary N) is 1. The zero-order valence-electron chi connectivity index (χ0n) is 28.4. The predicted molar refractivity (Wildman–Crippen MR) is 183 cm³/mol. The quantitative estimate of drug-likeness (QED) is 0.332. The maximum atomic E-state index is 14.3. The fraction of sp³-hybridized carbons (Fsp3) is 0.500. The Bertz CT molecular complexity index is 1710. The monoisotopic (exact) mass is 661 g/mol. The van der Waals surface area contributed by atoms with E-state index in [-0.39, 0.29) is 46.8 Å². The second kappa shape index (κ2) is 14.0. The zero-order chi connectivity index (χ0) is 33.9. The Kier molecular flexibility index (Phi) is 10.2. The molecule has 0 spiro atoms. The van der Waals surface area contributed by atoms with Crippen LogP contribution < -0.4 is 9.46 Å². The van der Waals surface area contributed by atoms with Crippen molar-refractivity contribution >= 4 is 27.8 Å². The molecule has 4 bridgehead atoms. The lowest BCUT2D eigenvalue weighted by Gasteiger charge is -2.36. The van der Waals surface area contributed by atoms with Gasteiger partial charge in [-0.05, 0) is 73.8 Å². The molecule has 0 radical (unpaired) electrons. The molecule has 0 unspecified atom stereocenters. The summed E-state index contributed by atoms with van der Waals surface area (Å²) in [6.45, 7) is 10.7. The predicted octanol–water partition coefficient (Wildman–Crippen LogP) is 6.24. The van der Waals surface area contributed by atoms with Crippen molar-refractivity contribution in [3.63, 3.8) is 0 Å². The van der Waals surface area contributed by atoms with Crippen molar-refractivity contribution in [3.05, 3.63) is 65.2 Å². The number of fused-ring (bicyclic) bond motifs is 4. The van der Waals surface area contributed by atoms with E-state index < -0.39 is 22.0 Å². The molecule has 5 rings (SSSR count). The van der Waals surface area contributed by atoms with Crippen molar-refractivity contribution in [2.24, 2.45) is 11.3 Å². The molecule has 1 N–H and O–H groups in total. The summed E-state index contributed by atoms with van der Waals surface area (Å²) in [5.74, 6) is -0.135. The smallest absolute Gasteiger partial charge is 0.264 e. The third-order valence-electron chi connectivity index (χ3n) is 9.02. The maximum absolute atomic E-state index is 14.3. The highest BCUT2D eigenvalue weighted by Crippen LogP contribution is 2.31. The molecule has 0 saturated heterocycles. The van der Waals surface area contributed by atoms with E-state index in [1.807, 2.05) is 32.0 Å². The highest BCUT2D eigenvalue weighted by atomic mass is 32.2. The van der Waals surface area contributed by atoms with E-state index in [1.165, 1.54) is 37.5 Å². The standard InChI is InChI=1S/C36H47N5O5S/c1-24-12-10-13-25(2)33(24)30-19-31-38-35(37-30)39-47(44,45)29-17-11-16-27(18-29)34(43)41(28(23-46-31)20-36(3,4)5)22-32(42)40(6)21-26-14-8-7-9-15-26/h10-13,16-19,26,28H,7-9,14-15,20-23H2,1-6H3,(H,37,38,39)/t28-/m1/s1. The zero-order valence-corrected chi connectivity index (χ0v) is 29.2. The molecule has 1 saturated carbocycles. The maximum Gasteiger partial charge on any atom is 0.264 e. The Morgan fingerprint density at radius 1 is 1.02 bits per heavy atom. The summed E-state index contributed by atoms with van der Waals surface area (Å²) in [4.78, 5) is 40.3. The van der Waals surface area contributed by atoms with Crippen LogP contribution in [0.4, 0.5) is 5.95 Å². The molecule has 47 heavy (non-hydrogen) atoms. The lowest BCUT2D eigenvalue weighted by Crippen LogP contribution is -2.50. The van der Waals surface area contributed by atoms with Crippen LogP contribution in [0.1, 0.15) is 80.8 Å². The highest BCUT2D eigenvalue weighted by Gasteiger charge is 2.33. The van der Waals surface area contributed by atoms with E-state index in [0.717, 1.165) is 29.5 Å². The number of rotatable bonds is 6. The third-order valence-corrected chi connectivity index (χ3v) is 10.3. The van der Waals surface area contributed by atoms with Gasteiger partial charge in [-0.25, -0.2) is 18.1 Å². The van der Waals surface area contributed by atoms with Gasteiger partial charge in [0.1, 0.15) is 13.2 Å². The molecule has 2 aromatic carbocycles. The summed E-state index contributed by atoms with van der Waals surface area (Å²) in [5, 5.41) is 0. The molecule has 2 amide bonds. The minimum absolute atomic E-state index is 0.0394. The molecule has 1 fully saturated rings. The van der Waals surface area contributed by atoms with Crippen molar-refractivity contribution in [3.8, 4) is 17.1 Å². The van der Waals surface area contributed by atoms with Crippen LogP contribution in [0.3, 0.4) is 0 Å². The number of sulfonamides is 1. The Labute approximate surface area is 279 Å². The Morgan fingerprint density at radius 3 is 2.38 bits per heavy atom. The molecule has 11 heteroatoms. The van der Waals surface area contributed by atoms with E-state index >= 15 is 0 Å². The van der Waals surface area contributed by atoms with Crippen LogP contribution in [0.25, 0.3) is 11.3 Å². The van der Waals surface area contributed by atoms with Crippen molar-refractivity contribution in [2.75, 3.05) is 31.5 Å². The van der Waals surface area contributed by atoms with Crippen molar-refractivity contribution in [1.29, 1.82) is 0 Å². The second-order valence-corrected chi connectivity index (χ2v) is 15.9. The molecule has 3 aromatic rings. The molecule has 1 aliphatic heterocycles. The molecule has 1 aromatic heterocycles. The first-order chi connectivity index (χ1) is 22.2. The normalized spacial score (nSPS) is 18.6. The molecular formula is C36H47N5O5S. The van der Waals surface area contributed by atoms with E-state index in [4.69, 9.17) is 4.74 Å². The van der Waals surface area contributed by atoms with Crippen LogP contribution in [-0.4, -0.2) is 72.8 Å². The summed E-state index contributed by atoms with van der Waals surface area (Å²) in [6, 6.07) is 12.9. The molecule has 10 nitrogen and oxygen atoms in total. The van der Waals surface area contributed by atoms with Crippen LogP contribution in [0.15, 0.2) is 53.4 Å². The van der Waals surface area contributed by atoms with Crippen LogP contribution in [0, 0.1) is 25.2 Å². The number of likely N-dealkylation sites (N-methyl/N-ethyl adjacent to an activating group) is 1. The number of ether oxygens (including phenoxy) is 1. The van der Waals surface area contributed by atoms with Gasteiger partial charge in [-0.15, -0.1) is 0 Å². The van der Waals surface area contributed by atoms with Crippen LogP contribution in [0.2, 0.25) is 0 Å². The van der Waals surface area contributed by atoms with Gasteiger partial charge in [0.15, 0.2) is 0 Å².